The van der Waals surface area contributed by atoms with Crippen molar-refractivity contribution in [1.82, 2.24) is 15.5 Å². The fourth-order valence-corrected chi connectivity index (χ4v) is 3.86. The molecule has 1 aliphatic heterocycles. The Bertz CT molecular complexity index is 711. The summed E-state index contributed by atoms with van der Waals surface area (Å²) in [5, 5.41) is 14.0. The molecule has 1 aromatic rings. The topological polar surface area (TPSA) is 88.5 Å². The summed E-state index contributed by atoms with van der Waals surface area (Å²) in [7, 11) is 0. The molecule has 7 nitrogen and oxygen atoms in total. The highest BCUT2D eigenvalue weighted by atomic mass is 32.2. The molecule has 8 heteroatoms. The first-order chi connectivity index (χ1) is 13.5. The van der Waals surface area contributed by atoms with E-state index in [1.165, 1.54) is 10.6 Å². The Hall–Kier alpha value is -2.40. The fraction of sp³-hybridized carbons (Fsp3) is 0.550. The molecule has 1 aliphatic rings. The van der Waals surface area contributed by atoms with E-state index in [9.17, 15) is 9.59 Å². The molecule has 2 N–H and O–H groups in total. The molecule has 1 heterocycles. The lowest BCUT2D eigenvalue weighted by molar-refractivity contribution is -0.123. The van der Waals surface area contributed by atoms with Crippen molar-refractivity contribution < 1.29 is 9.59 Å². The lowest BCUT2D eigenvalue weighted by Gasteiger charge is -2.37. The van der Waals surface area contributed by atoms with Gasteiger partial charge in [-0.3, -0.25) is 4.79 Å². The Morgan fingerprint density at radius 1 is 1.21 bits per heavy atom. The first-order valence-electron chi connectivity index (χ1n) is 9.54. The van der Waals surface area contributed by atoms with Gasteiger partial charge in [0.15, 0.2) is 0 Å². The van der Waals surface area contributed by atoms with Crippen LogP contribution in [0, 0.1) is 17.2 Å². The molecule has 0 saturated carbocycles. The van der Waals surface area contributed by atoms with Crippen molar-refractivity contribution in [2.75, 3.05) is 43.9 Å². The fourth-order valence-electron chi connectivity index (χ4n) is 3.23. The average Bonchev–Trinajstić information content (AvgIpc) is 2.71. The molecule has 1 aromatic carbocycles. The number of carbonyl (C=O) groups excluding carboxylic acids is 2. The third-order valence-corrected chi connectivity index (χ3v) is 5.44. The third-order valence-electron chi connectivity index (χ3n) is 4.66. The number of nitrogens with zero attached hydrogens (tertiary/aromatic N) is 3. The van der Waals surface area contributed by atoms with Gasteiger partial charge in [0, 0.05) is 31.1 Å². The first-order valence-corrected chi connectivity index (χ1v) is 10.8. The molecule has 1 fully saturated rings. The van der Waals surface area contributed by atoms with Crippen LogP contribution < -0.4 is 15.5 Å². The second-order valence-corrected chi connectivity index (χ2v) is 8.00. The zero-order valence-electron chi connectivity index (χ0n) is 16.8. The van der Waals surface area contributed by atoms with E-state index in [0.717, 1.165) is 13.1 Å². The summed E-state index contributed by atoms with van der Waals surface area (Å²) >= 11 is 1.72. The van der Waals surface area contributed by atoms with E-state index >= 15 is 0 Å². The molecule has 0 bridgehead atoms. The standard InChI is InChI=1S/C20H29N5O2S/c1-15(2)14-16(19(26)22-9-8-21)23-20(27)25-12-10-24(11-13-25)17-6-4-5-7-18(17)28-3/h4-7,15-16H,9-14H2,1-3H3,(H,22,26)(H,23,27)/t16-/m0/s1. The van der Waals surface area contributed by atoms with E-state index in [2.05, 4.69) is 33.9 Å². The summed E-state index contributed by atoms with van der Waals surface area (Å²) in [5.41, 5.74) is 1.20. The number of amides is 3. The SMILES string of the molecule is CSc1ccccc1N1CCN(C(=O)N[C@@H](CC(C)C)C(=O)NCC#N)CC1. The number of piperazine rings is 1. The smallest absolute Gasteiger partial charge is 0.318 e. The maximum atomic E-state index is 12.7. The van der Waals surface area contributed by atoms with E-state index in [0.29, 0.717) is 19.5 Å². The van der Waals surface area contributed by atoms with Gasteiger partial charge in [0.2, 0.25) is 5.91 Å². The van der Waals surface area contributed by atoms with Gasteiger partial charge in [-0.1, -0.05) is 26.0 Å². The largest absolute Gasteiger partial charge is 0.367 e. The van der Waals surface area contributed by atoms with Crippen molar-refractivity contribution >= 4 is 29.4 Å². The maximum absolute atomic E-state index is 12.7. The van der Waals surface area contributed by atoms with E-state index in [-0.39, 0.29) is 24.4 Å². The maximum Gasteiger partial charge on any atom is 0.318 e. The van der Waals surface area contributed by atoms with Gasteiger partial charge in [-0.05, 0) is 30.7 Å². The van der Waals surface area contributed by atoms with Crippen molar-refractivity contribution in [3.8, 4) is 6.07 Å². The number of para-hydroxylation sites is 1. The summed E-state index contributed by atoms with van der Waals surface area (Å²) in [6.07, 6.45) is 2.60. The van der Waals surface area contributed by atoms with Gasteiger partial charge in [0.1, 0.15) is 12.6 Å². The van der Waals surface area contributed by atoms with Gasteiger partial charge in [-0.2, -0.15) is 5.26 Å². The molecular formula is C20H29N5O2S. The normalized spacial score (nSPS) is 15.1. The number of hydrogen-bond acceptors (Lipinski definition) is 5. The number of carbonyl (C=O) groups is 2. The van der Waals surface area contributed by atoms with E-state index in [4.69, 9.17) is 5.26 Å². The summed E-state index contributed by atoms with van der Waals surface area (Å²) in [4.78, 5) is 30.2. The second kappa shape index (κ2) is 10.8. The van der Waals surface area contributed by atoms with Crippen molar-refractivity contribution in [3.05, 3.63) is 24.3 Å². The number of thioether (sulfide) groups is 1. The van der Waals surface area contributed by atoms with E-state index in [1.807, 2.05) is 32.0 Å². The number of rotatable bonds is 7. The number of benzene rings is 1. The molecule has 1 atom stereocenters. The molecule has 152 valence electrons. The molecule has 1 saturated heterocycles. The van der Waals surface area contributed by atoms with Crippen LogP contribution in [-0.2, 0) is 4.79 Å². The van der Waals surface area contributed by atoms with Crippen molar-refractivity contribution in [2.45, 2.75) is 31.2 Å². The molecular weight excluding hydrogens is 374 g/mol. The van der Waals surface area contributed by atoms with Crippen molar-refractivity contribution in [1.29, 1.82) is 5.26 Å². The minimum atomic E-state index is -0.629. The summed E-state index contributed by atoms with van der Waals surface area (Å²) in [6.45, 7) is 6.64. The van der Waals surface area contributed by atoms with Crippen LogP contribution in [0.5, 0.6) is 0 Å². The molecule has 3 amide bonds. The lowest BCUT2D eigenvalue weighted by Crippen LogP contribution is -2.56. The number of nitriles is 1. The van der Waals surface area contributed by atoms with Gasteiger partial charge < -0.3 is 20.4 Å². The summed E-state index contributed by atoms with van der Waals surface area (Å²) < 4.78 is 0. The molecule has 2 rings (SSSR count). The number of hydrogen-bond donors (Lipinski definition) is 2. The Kier molecular flexibility index (Phi) is 8.45. The van der Waals surface area contributed by atoms with Crippen LogP contribution in [0.2, 0.25) is 0 Å². The summed E-state index contributed by atoms with van der Waals surface area (Å²) in [6, 6.07) is 9.32. The number of urea groups is 1. The van der Waals surface area contributed by atoms with Crippen LogP contribution in [-0.4, -0.2) is 61.9 Å². The van der Waals surface area contributed by atoms with Gasteiger partial charge in [-0.25, -0.2) is 4.79 Å². The zero-order chi connectivity index (χ0) is 20.5. The molecule has 0 spiro atoms. The Labute approximate surface area is 171 Å². The monoisotopic (exact) mass is 403 g/mol. The van der Waals surface area contributed by atoms with Crippen molar-refractivity contribution in [2.24, 2.45) is 5.92 Å². The van der Waals surface area contributed by atoms with Crippen LogP contribution in [0.4, 0.5) is 10.5 Å². The lowest BCUT2D eigenvalue weighted by atomic mass is 10.0. The minimum Gasteiger partial charge on any atom is -0.367 e. The third kappa shape index (κ3) is 6.06. The Morgan fingerprint density at radius 3 is 2.50 bits per heavy atom. The Morgan fingerprint density at radius 2 is 1.89 bits per heavy atom. The van der Waals surface area contributed by atoms with Gasteiger partial charge in [0.05, 0.1) is 11.8 Å². The van der Waals surface area contributed by atoms with Crippen LogP contribution in [0.25, 0.3) is 0 Å². The summed E-state index contributed by atoms with van der Waals surface area (Å²) in [5.74, 6) is -0.0610. The van der Waals surface area contributed by atoms with Crippen LogP contribution in [0.15, 0.2) is 29.2 Å². The van der Waals surface area contributed by atoms with Crippen LogP contribution in [0.1, 0.15) is 20.3 Å². The van der Waals surface area contributed by atoms with Crippen molar-refractivity contribution in [3.63, 3.8) is 0 Å². The van der Waals surface area contributed by atoms with E-state index < -0.39 is 6.04 Å². The van der Waals surface area contributed by atoms with Gasteiger partial charge >= 0.3 is 6.03 Å². The number of nitrogens with one attached hydrogen (secondary N) is 2. The quantitative estimate of drug-likeness (QED) is 0.539. The first kappa shape index (κ1) is 21.9. The zero-order valence-corrected chi connectivity index (χ0v) is 17.6. The molecule has 0 aliphatic carbocycles. The van der Waals surface area contributed by atoms with Gasteiger partial charge in [-0.15, -0.1) is 11.8 Å². The van der Waals surface area contributed by atoms with Gasteiger partial charge in [0.25, 0.3) is 0 Å². The number of anilines is 1. The molecule has 28 heavy (non-hydrogen) atoms. The highest BCUT2D eigenvalue weighted by Gasteiger charge is 2.27. The highest BCUT2D eigenvalue weighted by Crippen LogP contribution is 2.29. The predicted molar refractivity (Wildman–Crippen MR) is 112 cm³/mol. The average molecular weight is 404 g/mol. The minimum absolute atomic E-state index is 0.0587. The molecule has 0 unspecified atom stereocenters. The predicted octanol–water partition coefficient (Wildman–Crippen LogP) is 2.29. The molecule has 0 radical (unpaired) electrons. The Balaban J connectivity index is 1.94. The van der Waals surface area contributed by atoms with E-state index in [1.54, 1.807) is 16.7 Å². The highest BCUT2D eigenvalue weighted by molar-refractivity contribution is 7.98. The second-order valence-electron chi connectivity index (χ2n) is 7.15. The van der Waals surface area contributed by atoms with Crippen LogP contribution >= 0.6 is 11.8 Å². The molecule has 0 aromatic heterocycles. The van der Waals surface area contributed by atoms with Crippen LogP contribution in [0.3, 0.4) is 0 Å².